The predicted octanol–water partition coefficient (Wildman–Crippen LogP) is 4.00. The molecule has 0 saturated carbocycles. The molecule has 3 amide bonds. The topological polar surface area (TPSA) is 137 Å². The smallest absolute Gasteiger partial charge is 0.255 e. The van der Waals surface area contributed by atoms with Crippen molar-refractivity contribution in [2.75, 3.05) is 46.8 Å². The van der Waals surface area contributed by atoms with Crippen LogP contribution in [0.2, 0.25) is 10.0 Å². The number of nitrogens with zero attached hydrogens (tertiary/aromatic N) is 4. The van der Waals surface area contributed by atoms with Crippen LogP contribution in [0.3, 0.4) is 0 Å². The quantitative estimate of drug-likeness (QED) is 0.332. The van der Waals surface area contributed by atoms with Crippen LogP contribution in [0.5, 0.6) is 0 Å². The van der Waals surface area contributed by atoms with Crippen molar-refractivity contribution in [1.82, 2.24) is 14.7 Å². The molecule has 0 radical (unpaired) electrons. The number of likely N-dealkylation sites (N-methyl/N-ethyl adjacent to an activating group) is 1. The number of carbonyl (C=O) groups is 3. The average molecular weight is 624 g/mol. The Bertz CT molecular complexity index is 1560. The van der Waals surface area contributed by atoms with E-state index < -0.39 is 17.4 Å². The Morgan fingerprint density at radius 3 is 2.33 bits per heavy atom. The van der Waals surface area contributed by atoms with Crippen molar-refractivity contribution in [3.8, 4) is 6.07 Å². The highest BCUT2D eigenvalue weighted by atomic mass is 35.5. The maximum atomic E-state index is 14.1. The Morgan fingerprint density at radius 1 is 1.02 bits per heavy atom. The van der Waals surface area contributed by atoms with Gasteiger partial charge in [0.25, 0.3) is 5.91 Å². The zero-order valence-electron chi connectivity index (χ0n) is 24.4. The van der Waals surface area contributed by atoms with Crippen LogP contribution < -0.4 is 11.5 Å². The number of hydrogen-bond acceptors (Lipinski definition) is 6. The van der Waals surface area contributed by atoms with Crippen LogP contribution in [0.1, 0.15) is 46.7 Å². The molecule has 1 heterocycles. The summed E-state index contributed by atoms with van der Waals surface area (Å²) in [6.07, 6.45) is 1.85. The van der Waals surface area contributed by atoms with Gasteiger partial charge in [0.05, 0.1) is 28.2 Å². The molecule has 3 aromatic rings. The molecular formula is C32H36Cl2N6O3. The van der Waals surface area contributed by atoms with Gasteiger partial charge in [-0.3, -0.25) is 19.3 Å². The van der Waals surface area contributed by atoms with Crippen molar-refractivity contribution < 1.29 is 14.4 Å². The van der Waals surface area contributed by atoms with Crippen molar-refractivity contribution in [2.45, 2.75) is 30.7 Å². The van der Waals surface area contributed by atoms with E-state index in [1.807, 2.05) is 49.3 Å². The van der Waals surface area contributed by atoms with Gasteiger partial charge in [-0.15, -0.1) is 0 Å². The summed E-state index contributed by atoms with van der Waals surface area (Å²) in [6, 6.07) is 18.1. The molecule has 1 atom stereocenters. The van der Waals surface area contributed by atoms with E-state index in [1.165, 1.54) is 4.90 Å². The molecule has 1 aliphatic heterocycles. The number of rotatable bonds is 11. The zero-order valence-corrected chi connectivity index (χ0v) is 25.9. The van der Waals surface area contributed by atoms with E-state index >= 15 is 0 Å². The van der Waals surface area contributed by atoms with Gasteiger partial charge in [-0.25, -0.2) is 0 Å². The third-order valence-electron chi connectivity index (χ3n) is 8.50. The molecule has 0 bridgehead atoms. The van der Waals surface area contributed by atoms with Gasteiger partial charge in [-0.2, -0.15) is 5.26 Å². The second-order valence-electron chi connectivity index (χ2n) is 11.3. The van der Waals surface area contributed by atoms with Crippen LogP contribution in [0.25, 0.3) is 10.8 Å². The number of likely N-dealkylation sites (tertiary alicyclic amines) is 1. The highest BCUT2D eigenvalue weighted by Gasteiger charge is 2.41. The number of piperidine rings is 1. The number of fused-ring (bicyclic) bond motifs is 1. The molecule has 3 aromatic carbocycles. The van der Waals surface area contributed by atoms with Gasteiger partial charge < -0.3 is 21.3 Å². The van der Waals surface area contributed by atoms with E-state index in [9.17, 15) is 19.6 Å². The maximum absolute atomic E-state index is 14.1. The van der Waals surface area contributed by atoms with Crippen LogP contribution >= 0.6 is 23.2 Å². The number of nitrogens with two attached hydrogens (primary N) is 2. The van der Waals surface area contributed by atoms with Gasteiger partial charge in [0.2, 0.25) is 11.8 Å². The van der Waals surface area contributed by atoms with Gasteiger partial charge in [0.1, 0.15) is 5.54 Å². The summed E-state index contributed by atoms with van der Waals surface area (Å²) >= 11 is 12.6. The van der Waals surface area contributed by atoms with Gasteiger partial charge >= 0.3 is 0 Å². The Labute approximate surface area is 261 Å². The summed E-state index contributed by atoms with van der Waals surface area (Å²) in [4.78, 5) is 44.2. The highest BCUT2D eigenvalue weighted by molar-refractivity contribution is 6.42. The van der Waals surface area contributed by atoms with Crippen LogP contribution in [-0.2, 0) is 9.59 Å². The standard InChI is InChI=1S/C32H36Cl2N6O3/c1-38(2)32(31(37)43)10-13-39(14-11-32)12-9-24(22-7-8-27(33)28(34)17-22)19-40(20-29(36)41)30(42)26-16-21(18-35)15-23-5-3-4-6-25(23)26/h3-8,15-17,24H,9-14,19-20H2,1-2H3,(H2,36,41)(H2,37,43). The number of hydrogen-bond donors (Lipinski definition) is 2. The summed E-state index contributed by atoms with van der Waals surface area (Å²) in [7, 11) is 3.75. The Morgan fingerprint density at radius 2 is 1.72 bits per heavy atom. The minimum absolute atomic E-state index is 0.182. The van der Waals surface area contributed by atoms with Gasteiger partial charge in [0.15, 0.2) is 0 Å². The molecule has 4 rings (SSSR count). The number of carbonyl (C=O) groups excluding carboxylic acids is 3. The first kappa shape index (κ1) is 32.2. The molecule has 0 aromatic heterocycles. The van der Waals surface area contributed by atoms with Gasteiger partial charge in [0, 0.05) is 31.1 Å². The van der Waals surface area contributed by atoms with E-state index in [4.69, 9.17) is 34.7 Å². The SMILES string of the molecule is CN(C)C1(C(N)=O)CCN(CCC(CN(CC(N)=O)C(=O)c2cc(C#N)cc3ccccc23)c2ccc(Cl)c(Cl)c2)CC1. The molecule has 0 spiro atoms. The minimum Gasteiger partial charge on any atom is -0.368 e. The zero-order chi connectivity index (χ0) is 31.3. The van der Waals surface area contributed by atoms with Crippen LogP contribution in [0.15, 0.2) is 54.6 Å². The Balaban J connectivity index is 1.62. The van der Waals surface area contributed by atoms with E-state index in [1.54, 1.807) is 24.3 Å². The fourth-order valence-electron chi connectivity index (χ4n) is 5.92. The van der Waals surface area contributed by atoms with Gasteiger partial charge in [-0.1, -0.05) is 53.5 Å². The van der Waals surface area contributed by atoms with Crippen molar-refractivity contribution in [1.29, 1.82) is 5.26 Å². The van der Waals surface area contributed by atoms with Crippen molar-refractivity contribution in [3.05, 3.63) is 81.3 Å². The van der Waals surface area contributed by atoms with E-state index in [0.29, 0.717) is 65.5 Å². The number of primary amides is 2. The Hall–Kier alpha value is -3.68. The van der Waals surface area contributed by atoms with E-state index in [-0.39, 0.29) is 24.9 Å². The predicted molar refractivity (Wildman–Crippen MR) is 169 cm³/mol. The molecule has 43 heavy (non-hydrogen) atoms. The van der Waals surface area contributed by atoms with Crippen LogP contribution in [-0.4, -0.2) is 84.8 Å². The molecule has 0 aliphatic carbocycles. The molecule has 1 fully saturated rings. The van der Waals surface area contributed by atoms with E-state index in [0.717, 1.165) is 10.9 Å². The van der Waals surface area contributed by atoms with Crippen molar-refractivity contribution >= 4 is 51.7 Å². The normalized spacial score (nSPS) is 15.6. The molecule has 4 N–H and O–H groups in total. The first-order valence-corrected chi connectivity index (χ1v) is 14.9. The summed E-state index contributed by atoms with van der Waals surface area (Å²) < 4.78 is 0. The molecule has 11 heteroatoms. The van der Waals surface area contributed by atoms with Crippen LogP contribution in [0.4, 0.5) is 0 Å². The summed E-state index contributed by atoms with van der Waals surface area (Å²) in [5, 5.41) is 11.8. The highest BCUT2D eigenvalue weighted by Crippen LogP contribution is 2.32. The first-order chi connectivity index (χ1) is 20.4. The largest absolute Gasteiger partial charge is 0.368 e. The molecule has 226 valence electrons. The number of nitriles is 1. The lowest BCUT2D eigenvalue weighted by Crippen LogP contribution is -2.60. The minimum atomic E-state index is -0.676. The number of benzene rings is 3. The molecule has 9 nitrogen and oxygen atoms in total. The van der Waals surface area contributed by atoms with E-state index in [2.05, 4.69) is 11.0 Å². The van der Waals surface area contributed by atoms with Crippen LogP contribution in [0, 0.1) is 11.3 Å². The molecular weight excluding hydrogens is 587 g/mol. The monoisotopic (exact) mass is 622 g/mol. The number of amides is 3. The number of halogens is 2. The second kappa shape index (κ2) is 13.7. The first-order valence-electron chi connectivity index (χ1n) is 14.1. The lowest BCUT2D eigenvalue weighted by Gasteiger charge is -2.44. The third kappa shape index (κ3) is 7.28. The second-order valence-corrected chi connectivity index (χ2v) is 12.1. The molecule has 1 saturated heterocycles. The third-order valence-corrected chi connectivity index (χ3v) is 9.24. The summed E-state index contributed by atoms with van der Waals surface area (Å²) in [5.41, 5.74) is 12.3. The lowest BCUT2D eigenvalue weighted by molar-refractivity contribution is -0.131. The molecule has 1 aliphatic rings. The molecule has 1 unspecified atom stereocenters. The van der Waals surface area contributed by atoms with Crippen molar-refractivity contribution in [3.63, 3.8) is 0 Å². The summed E-state index contributed by atoms with van der Waals surface area (Å²) in [5.74, 6) is -1.59. The lowest BCUT2D eigenvalue weighted by atomic mass is 9.85. The van der Waals surface area contributed by atoms with Gasteiger partial charge in [-0.05, 0) is 80.5 Å². The maximum Gasteiger partial charge on any atom is 0.255 e. The van der Waals surface area contributed by atoms with Crippen molar-refractivity contribution in [2.24, 2.45) is 11.5 Å². The summed E-state index contributed by atoms with van der Waals surface area (Å²) in [6.45, 7) is 1.94. The fourth-order valence-corrected chi connectivity index (χ4v) is 6.23. The Kier molecular flexibility index (Phi) is 10.3. The fraction of sp³-hybridized carbons (Fsp3) is 0.375. The average Bonchev–Trinajstić information content (AvgIpc) is 2.98.